The van der Waals surface area contributed by atoms with Gasteiger partial charge in [0.25, 0.3) is 11.5 Å². The van der Waals surface area contributed by atoms with Crippen LogP contribution in [0.25, 0.3) is 10.8 Å². The number of carbonyl (C=O) groups excluding carboxylic acids is 1. The van der Waals surface area contributed by atoms with Crippen LogP contribution in [0.3, 0.4) is 0 Å². The Hall–Kier alpha value is -3.48. The third-order valence-corrected chi connectivity index (χ3v) is 5.11. The van der Waals surface area contributed by atoms with Crippen LogP contribution < -0.4 is 25.1 Å². The van der Waals surface area contributed by atoms with Crippen LogP contribution >= 0.6 is 0 Å². The van der Waals surface area contributed by atoms with E-state index < -0.39 is 0 Å². The smallest absolute Gasteiger partial charge is 0.258 e. The van der Waals surface area contributed by atoms with Gasteiger partial charge in [-0.25, -0.2) is 0 Å². The second kappa shape index (κ2) is 9.55. The molecule has 0 bridgehead atoms. The maximum atomic E-state index is 13.2. The number of nitrogens with zero attached hydrogens (tertiary/aromatic N) is 1. The van der Waals surface area contributed by atoms with Gasteiger partial charge in [-0.15, -0.1) is 0 Å². The highest BCUT2D eigenvalue weighted by Crippen LogP contribution is 2.40. The average Bonchev–Trinajstić information content (AvgIpc) is 2.77. The van der Waals surface area contributed by atoms with Crippen LogP contribution in [0.5, 0.6) is 17.2 Å². The third kappa shape index (κ3) is 4.66. The van der Waals surface area contributed by atoms with E-state index in [4.69, 9.17) is 14.2 Å². The van der Waals surface area contributed by atoms with E-state index in [2.05, 4.69) is 19.2 Å². The summed E-state index contributed by atoms with van der Waals surface area (Å²) in [4.78, 5) is 26.1. The molecule has 7 heteroatoms. The summed E-state index contributed by atoms with van der Waals surface area (Å²) in [5.74, 6) is 1.42. The Morgan fingerprint density at radius 1 is 1.00 bits per heavy atom. The first-order valence-corrected chi connectivity index (χ1v) is 10.1. The van der Waals surface area contributed by atoms with Crippen molar-refractivity contribution in [1.82, 2.24) is 4.57 Å². The molecule has 1 N–H and O–H groups in total. The quantitative estimate of drug-likeness (QED) is 0.582. The molecule has 0 unspecified atom stereocenters. The number of methoxy groups -OCH3 is 3. The summed E-state index contributed by atoms with van der Waals surface area (Å²) in [6.07, 6.45) is 2.48. The number of aryl methyl sites for hydroxylation is 1. The minimum Gasteiger partial charge on any atom is -0.493 e. The molecule has 0 aliphatic rings. The van der Waals surface area contributed by atoms with Crippen LogP contribution in [-0.4, -0.2) is 31.8 Å². The van der Waals surface area contributed by atoms with Gasteiger partial charge in [0.15, 0.2) is 11.5 Å². The van der Waals surface area contributed by atoms with Gasteiger partial charge in [-0.3, -0.25) is 9.59 Å². The number of ether oxygens (including phenoxy) is 3. The topological polar surface area (TPSA) is 78.8 Å². The van der Waals surface area contributed by atoms with Crippen LogP contribution in [0.2, 0.25) is 0 Å². The van der Waals surface area contributed by atoms with E-state index in [9.17, 15) is 9.59 Å². The highest BCUT2D eigenvalue weighted by atomic mass is 16.5. The van der Waals surface area contributed by atoms with Crippen molar-refractivity contribution in [2.75, 3.05) is 26.6 Å². The molecule has 31 heavy (non-hydrogen) atoms. The van der Waals surface area contributed by atoms with Gasteiger partial charge in [-0.1, -0.05) is 32.0 Å². The maximum Gasteiger partial charge on any atom is 0.258 e. The highest BCUT2D eigenvalue weighted by Gasteiger charge is 2.18. The number of pyridine rings is 1. The summed E-state index contributed by atoms with van der Waals surface area (Å²) in [5.41, 5.74) is 0.816. The number of aromatic nitrogens is 1. The Morgan fingerprint density at radius 2 is 1.61 bits per heavy atom. The molecule has 2 aromatic carbocycles. The molecule has 1 heterocycles. The molecule has 0 saturated carbocycles. The standard InChI is InChI=1S/C24H28N2O5/c1-15(2)10-11-26-14-19(17-8-6-7-9-18(17)24(26)28)23(27)25-16-12-20(29-3)22(31-5)21(13-16)30-4/h6-9,12-15H,10-11H2,1-5H3,(H,25,27). The Morgan fingerprint density at radius 3 is 2.16 bits per heavy atom. The van der Waals surface area contributed by atoms with Gasteiger partial charge in [0.05, 0.1) is 26.9 Å². The molecule has 1 amide bonds. The Bertz CT molecular complexity index is 1130. The second-order valence-electron chi connectivity index (χ2n) is 7.64. The number of hydrogen-bond donors (Lipinski definition) is 1. The number of amides is 1. The van der Waals surface area contributed by atoms with E-state index in [0.29, 0.717) is 51.7 Å². The zero-order valence-corrected chi connectivity index (χ0v) is 18.5. The average molecular weight is 424 g/mol. The number of benzene rings is 2. The van der Waals surface area contributed by atoms with Gasteiger partial charge < -0.3 is 24.1 Å². The van der Waals surface area contributed by atoms with E-state index in [0.717, 1.165) is 6.42 Å². The summed E-state index contributed by atoms with van der Waals surface area (Å²) < 4.78 is 17.7. The van der Waals surface area contributed by atoms with E-state index in [1.54, 1.807) is 41.1 Å². The number of anilines is 1. The molecule has 1 aromatic heterocycles. The fourth-order valence-corrected chi connectivity index (χ4v) is 3.44. The van der Waals surface area contributed by atoms with Crippen LogP contribution in [0, 0.1) is 5.92 Å². The van der Waals surface area contributed by atoms with Crippen molar-refractivity contribution in [3.05, 3.63) is 58.5 Å². The molecule has 3 aromatic rings. The van der Waals surface area contributed by atoms with Crippen LogP contribution in [0.4, 0.5) is 5.69 Å². The minimum absolute atomic E-state index is 0.0967. The minimum atomic E-state index is -0.330. The Kier molecular flexibility index (Phi) is 6.84. The van der Waals surface area contributed by atoms with E-state index in [-0.39, 0.29) is 11.5 Å². The first-order chi connectivity index (χ1) is 14.9. The largest absolute Gasteiger partial charge is 0.493 e. The summed E-state index contributed by atoms with van der Waals surface area (Å²) in [7, 11) is 4.55. The molecule has 0 radical (unpaired) electrons. The summed E-state index contributed by atoms with van der Waals surface area (Å²) in [6, 6.07) is 10.5. The van der Waals surface area contributed by atoms with Gasteiger partial charge in [0, 0.05) is 41.3 Å². The Labute approximate surface area is 181 Å². The van der Waals surface area contributed by atoms with Crippen molar-refractivity contribution < 1.29 is 19.0 Å². The molecule has 0 saturated heterocycles. The van der Waals surface area contributed by atoms with Crippen molar-refractivity contribution >= 4 is 22.4 Å². The van der Waals surface area contributed by atoms with E-state index in [1.165, 1.54) is 21.3 Å². The molecule has 164 valence electrons. The lowest BCUT2D eigenvalue weighted by Gasteiger charge is -2.16. The van der Waals surface area contributed by atoms with Gasteiger partial charge in [0.2, 0.25) is 5.75 Å². The molecular formula is C24H28N2O5. The van der Waals surface area contributed by atoms with Crippen LogP contribution in [0.1, 0.15) is 30.6 Å². The molecule has 3 rings (SSSR count). The van der Waals surface area contributed by atoms with Crippen LogP contribution in [0.15, 0.2) is 47.4 Å². The molecule has 0 aliphatic carbocycles. The van der Waals surface area contributed by atoms with Crippen molar-refractivity contribution in [3.8, 4) is 17.2 Å². The Balaban J connectivity index is 2.04. The molecule has 0 aliphatic heterocycles. The number of rotatable bonds is 8. The SMILES string of the molecule is COc1cc(NC(=O)c2cn(CCC(C)C)c(=O)c3ccccc23)cc(OC)c1OC. The number of fused-ring (bicyclic) bond motifs is 1. The number of nitrogens with one attached hydrogen (secondary N) is 1. The first kappa shape index (κ1) is 22.2. The van der Waals surface area contributed by atoms with Crippen LogP contribution in [-0.2, 0) is 6.54 Å². The van der Waals surface area contributed by atoms with E-state index >= 15 is 0 Å². The normalized spacial score (nSPS) is 10.9. The second-order valence-corrected chi connectivity index (χ2v) is 7.64. The zero-order chi connectivity index (χ0) is 22.5. The third-order valence-electron chi connectivity index (χ3n) is 5.11. The van der Waals surface area contributed by atoms with Gasteiger partial charge in [-0.05, 0) is 18.4 Å². The number of carbonyl (C=O) groups is 1. The van der Waals surface area contributed by atoms with Crippen molar-refractivity contribution in [3.63, 3.8) is 0 Å². The van der Waals surface area contributed by atoms with Gasteiger partial charge >= 0.3 is 0 Å². The predicted octanol–water partition coefficient (Wildman–Crippen LogP) is 4.33. The fourth-order valence-electron chi connectivity index (χ4n) is 3.44. The lowest BCUT2D eigenvalue weighted by molar-refractivity contribution is 0.102. The van der Waals surface area contributed by atoms with Crippen molar-refractivity contribution in [2.24, 2.45) is 5.92 Å². The molecule has 0 fully saturated rings. The van der Waals surface area contributed by atoms with Gasteiger partial charge in [-0.2, -0.15) is 0 Å². The molecule has 0 spiro atoms. The zero-order valence-electron chi connectivity index (χ0n) is 18.5. The maximum absolute atomic E-state index is 13.2. The molecule has 7 nitrogen and oxygen atoms in total. The van der Waals surface area contributed by atoms with Crippen molar-refractivity contribution in [1.29, 1.82) is 0 Å². The molecular weight excluding hydrogens is 396 g/mol. The summed E-state index contributed by atoms with van der Waals surface area (Å²) >= 11 is 0. The monoisotopic (exact) mass is 424 g/mol. The molecule has 0 atom stereocenters. The predicted molar refractivity (Wildman–Crippen MR) is 122 cm³/mol. The van der Waals surface area contributed by atoms with E-state index in [1.807, 2.05) is 6.07 Å². The van der Waals surface area contributed by atoms with Gasteiger partial charge in [0.1, 0.15) is 0 Å². The first-order valence-electron chi connectivity index (χ1n) is 10.1. The highest BCUT2D eigenvalue weighted by molar-refractivity contribution is 6.12. The van der Waals surface area contributed by atoms with Crippen molar-refractivity contribution in [2.45, 2.75) is 26.8 Å². The fraction of sp³-hybridized carbons (Fsp3) is 0.333. The summed E-state index contributed by atoms with van der Waals surface area (Å²) in [5, 5.41) is 4.02. The lowest BCUT2D eigenvalue weighted by atomic mass is 10.1. The summed E-state index contributed by atoms with van der Waals surface area (Å²) in [6.45, 7) is 4.75. The lowest BCUT2D eigenvalue weighted by Crippen LogP contribution is -2.24. The number of hydrogen-bond acceptors (Lipinski definition) is 5.